The molecule has 4 N–H and O–H groups in total. The normalized spacial score (nSPS) is 12.9. The molecule has 7 heteroatoms. The summed E-state index contributed by atoms with van der Waals surface area (Å²) in [6.07, 6.45) is 0.254. The Labute approximate surface area is 158 Å². The fourth-order valence-corrected chi connectivity index (χ4v) is 3.07. The van der Waals surface area contributed by atoms with Crippen LogP contribution in [0.25, 0.3) is 10.1 Å². The Morgan fingerprint density at radius 1 is 1.43 bits per heavy atom. The van der Waals surface area contributed by atoms with Crippen molar-refractivity contribution < 1.29 is 9.84 Å². The zero-order valence-electron chi connectivity index (χ0n) is 13.2. The molecule has 1 aromatic carbocycles. The van der Waals surface area contributed by atoms with Crippen LogP contribution < -0.4 is 11.1 Å². The smallest absolute Gasteiger partial charge is 0.188 e. The van der Waals surface area contributed by atoms with E-state index in [0.717, 1.165) is 23.3 Å². The molecule has 0 radical (unpaired) electrons. The molecule has 23 heavy (non-hydrogen) atoms. The molecule has 0 bridgehead atoms. The van der Waals surface area contributed by atoms with Gasteiger partial charge in [-0.3, -0.25) is 4.99 Å². The number of halogens is 1. The molecule has 0 aliphatic carbocycles. The minimum Gasteiger partial charge on any atom is -0.386 e. The number of aliphatic hydroxyl groups is 1. The van der Waals surface area contributed by atoms with Gasteiger partial charge in [0.1, 0.15) is 6.10 Å². The largest absolute Gasteiger partial charge is 0.386 e. The van der Waals surface area contributed by atoms with Gasteiger partial charge in [0, 0.05) is 29.3 Å². The highest BCUT2D eigenvalue weighted by molar-refractivity contribution is 14.0. The van der Waals surface area contributed by atoms with Gasteiger partial charge in [-0.1, -0.05) is 18.2 Å². The number of thiophene rings is 1. The highest BCUT2D eigenvalue weighted by atomic mass is 127. The third kappa shape index (κ3) is 6.62. The molecular formula is C16H24IN3O2S. The van der Waals surface area contributed by atoms with Crippen molar-refractivity contribution in [3.05, 3.63) is 35.2 Å². The maximum absolute atomic E-state index is 10.2. The molecule has 0 amide bonds. The summed E-state index contributed by atoms with van der Waals surface area (Å²) in [7, 11) is 0. The van der Waals surface area contributed by atoms with E-state index in [1.165, 1.54) is 4.70 Å². The minimum atomic E-state index is -0.624. The highest BCUT2D eigenvalue weighted by Crippen LogP contribution is 2.29. The number of hydrogen-bond acceptors (Lipinski definition) is 4. The number of guanidine groups is 1. The first-order valence-corrected chi connectivity index (χ1v) is 8.30. The molecular weight excluding hydrogens is 425 g/mol. The summed E-state index contributed by atoms with van der Waals surface area (Å²) in [5, 5.41) is 14.4. The van der Waals surface area contributed by atoms with Crippen LogP contribution in [-0.4, -0.2) is 37.4 Å². The molecule has 1 unspecified atom stereocenters. The van der Waals surface area contributed by atoms with Crippen molar-refractivity contribution in [3.63, 3.8) is 0 Å². The summed E-state index contributed by atoms with van der Waals surface area (Å²) in [5.41, 5.74) is 5.78. The number of aliphatic imine (C=N–C) groups is 1. The van der Waals surface area contributed by atoms with Gasteiger partial charge in [-0.2, -0.15) is 0 Å². The third-order valence-electron chi connectivity index (χ3n) is 3.18. The molecule has 2 rings (SSSR count). The van der Waals surface area contributed by atoms with Gasteiger partial charge in [0.2, 0.25) is 0 Å². The van der Waals surface area contributed by atoms with Gasteiger partial charge in [0.15, 0.2) is 5.96 Å². The number of ether oxygens (including phenoxy) is 1. The molecule has 0 saturated heterocycles. The maximum Gasteiger partial charge on any atom is 0.188 e. The topological polar surface area (TPSA) is 79.9 Å². The van der Waals surface area contributed by atoms with Crippen LogP contribution in [0.5, 0.6) is 0 Å². The summed E-state index contributed by atoms with van der Waals surface area (Å²) in [5.74, 6) is 0.358. The zero-order valence-corrected chi connectivity index (χ0v) is 16.3. The lowest BCUT2D eigenvalue weighted by molar-refractivity contribution is 0.145. The van der Waals surface area contributed by atoms with Gasteiger partial charge in [-0.15, -0.1) is 35.3 Å². The zero-order chi connectivity index (χ0) is 15.8. The molecule has 0 fully saturated rings. The number of nitrogens with two attached hydrogens (primary N) is 1. The van der Waals surface area contributed by atoms with Gasteiger partial charge < -0.3 is 20.9 Å². The monoisotopic (exact) mass is 449 g/mol. The van der Waals surface area contributed by atoms with E-state index < -0.39 is 6.10 Å². The second-order valence-electron chi connectivity index (χ2n) is 4.91. The molecule has 0 aliphatic rings. The number of nitrogens with zero attached hydrogens (tertiary/aromatic N) is 1. The van der Waals surface area contributed by atoms with Gasteiger partial charge in [-0.05, 0) is 30.9 Å². The molecule has 0 saturated carbocycles. The lowest BCUT2D eigenvalue weighted by atomic mass is 10.2. The van der Waals surface area contributed by atoms with Gasteiger partial charge in [-0.25, -0.2) is 0 Å². The van der Waals surface area contributed by atoms with Crippen molar-refractivity contribution in [1.29, 1.82) is 0 Å². The first-order valence-electron chi connectivity index (χ1n) is 7.48. The standard InChI is InChI=1S/C16H23N3O2S.HI/c1-2-21-9-5-8-18-16(17)19-11-13(20)15-10-12-6-3-4-7-14(12)22-15;/h3-4,6-7,10,13,20H,2,5,8-9,11H2,1H3,(H3,17,18,19);1H. The van der Waals surface area contributed by atoms with Gasteiger partial charge >= 0.3 is 0 Å². The van der Waals surface area contributed by atoms with Crippen molar-refractivity contribution in [2.45, 2.75) is 19.4 Å². The van der Waals surface area contributed by atoms with E-state index >= 15 is 0 Å². The molecule has 1 aromatic heterocycles. The molecule has 0 aliphatic heterocycles. The number of fused-ring (bicyclic) bond motifs is 1. The number of aliphatic hydroxyl groups excluding tert-OH is 1. The summed E-state index contributed by atoms with van der Waals surface area (Å²) in [6, 6.07) is 10.1. The Bertz CT molecular complexity index is 585. The second kappa shape index (κ2) is 10.8. The predicted octanol–water partition coefficient (Wildman–Crippen LogP) is 2.88. The highest BCUT2D eigenvalue weighted by Gasteiger charge is 2.10. The summed E-state index contributed by atoms with van der Waals surface area (Å²) in [4.78, 5) is 5.10. The lowest BCUT2D eigenvalue weighted by Gasteiger charge is -2.08. The third-order valence-corrected chi connectivity index (χ3v) is 4.40. The molecule has 0 spiro atoms. The Morgan fingerprint density at radius 2 is 2.22 bits per heavy atom. The second-order valence-corrected chi connectivity index (χ2v) is 6.02. The average molecular weight is 449 g/mol. The van der Waals surface area contributed by atoms with Crippen molar-refractivity contribution in [2.24, 2.45) is 10.7 Å². The van der Waals surface area contributed by atoms with E-state index in [1.807, 2.05) is 37.3 Å². The van der Waals surface area contributed by atoms with Crippen LogP contribution in [0.3, 0.4) is 0 Å². The minimum absolute atomic E-state index is 0. The Hall–Kier alpha value is -0.900. The number of nitrogens with one attached hydrogen (secondary N) is 1. The van der Waals surface area contributed by atoms with Crippen LogP contribution in [0.4, 0.5) is 0 Å². The number of rotatable bonds is 8. The number of benzene rings is 1. The molecule has 128 valence electrons. The fourth-order valence-electron chi connectivity index (χ4n) is 2.03. The van der Waals surface area contributed by atoms with E-state index in [9.17, 15) is 5.11 Å². The Balaban J connectivity index is 0.00000264. The summed E-state index contributed by atoms with van der Waals surface area (Å²) < 4.78 is 6.41. The van der Waals surface area contributed by atoms with Crippen LogP contribution in [0, 0.1) is 0 Å². The average Bonchev–Trinajstić information content (AvgIpc) is 2.96. The first kappa shape index (κ1) is 20.1. The number of hydrogen-bond donors (Lipinski definition) is 3. The summed E-state index contributed by atoms with van der Waals surface area (Å²) in [6.45, 7) is 4.39. The fraction of sp³-hybridized carbons (Fsp3) is 0.438. The summed E-state index contributed by atoms with van der Waals surface area (Å²) >= 11 is 1.59. The predicted molar refractivity (Wildman–Crippen MR) is 108 cm³/mol. The van der Waals surface area contributed by atoms with Crippen molar-refractivity contribution in [1.82, 2.24) is 5.32 Å². The molecule has 1 atom stereocenters. The van der Waals surface area contributed by atoms with Crippen molar-refractivity contribution >= 4 is 51.4 Å². The van der Waals surface area contributed by atoms with E-state index in [0.29, 0.717) is 19.1 Å². The Kier molecular flexibility index (Phi) is 9.46. The van der Waals surface area contributed by atoms with Gasteiger partial charge in [0.05, 0.1) is 6.54 Å². The van der Waals surface area contributed by atoms with E-state index in [4.69, 9.17) is 10.5 Å². The quantitative estimate of drug-likeness (QED) is 0.251. The first-order chi connectivity index (χ1) is 10.7. The van der Waals surface area contributed by atoms with Crippen LogP contribution in [-0.2, 0) is 4.74 Å². The Morgan fingerprint density at radius 3 is 2.96 bits per heavy atom. The maximum atomic E-state index is 10.2. The van der Waals surface area contributed by atoms with Crippen LogP contribution in [0.1, 0.15) is 24.3 Å². The SMILES string of the molecule is CCOCCCNC(N)=NCC(O)c1cc2ccccc2s1.I. The van der Waals surface area contributed by atoms with Crippen LogP contribution >= 0.6 is 35.3 Å². The molecule has 1 heterocycles. The van der Waals surface area contributed by atoms with E-state index in [-0.39, 0.29) is 30.5 Å². The van der Waals surface area contributed by atoms with Crippen molar-refractivity contribution in [2.75, 3.05) is 26.3 Å². The van der Waals surface area contributed by atoms with Crippen LogP contribution in [0.15, 0.2) is 35.3 Å². The van der Waals surface area contributed by atoms with E-state index in [2.05, 4.69) is 10.3 Å². The van der Waals surface area contributed by atoms with Crippen molar-refractivity contribution in [3.8, 4) is 0 Å². The van der Waals surface area contributed by atoms with Crippen LogP contribution in [0.2, 0.25) is 0 Å². The van der Waals surface area contributed by atoms with E-state index in [1.54, 1.807) is 11.3 Å². The lowest BCUT2D eigenvalue weighted by Crippen LogP contribution is -2.33. The molecule has 5 nitrogen and oxygen atoms in total. The van der Waals surface area contributed by atoms with Gasteiger partial charge in [0.25, 0.3) is 0 Å². The molecule has 2 aromatic rings.